The summed E-state index contributed by atoms with van der Waals surface area (Å²) in [6.45, 7) is 8.11. The Morgan fingerprint density at radius 3 is 2.12 bits per heavy atom. The van der Waals surface area contributed by atoms with Gasteiger partial charge in [-0.1, -0.05) is 98.1 Å². The van der Waals surface area contributed by atoms with Crippen LogP contribution in [0.25, 0.3) is 22.3 Å². The Kier molecular flexibility index (Phi) is 4.55. The molecule has 0 unspecified atom stereocenters. The molecule has 0 N–H and O–H groups in total. The Morgan fingerprint density at radius 1 is 0.697 bits per heavy atom. The number of hydrogen-bond donors (Lipinski definition) is 0. The van der Waals surface area contributed by atoms with Crippen LogP contribution in [0.5, 0.6) is 17.2 Å². The fraction of sp³-hybridized carbons (Fsp3) is 0. The van der Waals surface area contributed by atoms with E-state index in [2.05, 4.69) is 73.8 Å². The number of fused-ring (bicyclic) bond motifs is 2. The third-order valence-electron chi connectivity index (χ3n) is 6.33. The number of rotatable bonds is 3. The molecule has 0 atom stereocenters. The highest BCUT2D eigenvalue weighted by molar-refractivity contribution is 6.94. The second-order valence-corrected chi connectivity index (χ2v) is 8.26. The number of allylic oxidation sites excluding steroid dienone is 3. The van der Waals surface area contributed by atoms with Gasteiger partial charge >= 0.3 is 0 Å². The standard InChI is InChI=1S/C30H21BO2/c1-3-10-25-20(2)32-28-18-16-24(22-13-8-5-9-14-22)30-29(28)31(25)26-19-23(15-17-27(26)33-30)21-11-6-4-7-12-21/h3-19H,1-2H2/b25-10+. The topological polar surface area (TPSA) is 18.5 Å². The predicted molar refractivity (Wildman–Crippen MR) is 137 cm³/mol. The molecule has 0 saturated heterocycles. The second-order valence-electron chi connectivity index (χ2n) is 8.26. The van der Waals surface area contributed by atoms with Crippen molar-refractivity contribution < 1.29 is 9.47 Å². The first-order valence-electron chi connectivity index (χ1n) is 11.0. The van der Waals surface area contributed by atoms with E-state index in [1.54, 1.807) is 6.08 Å². The van der Waals surface area contributed by atoms with E-state index in [1.165, 1.54) is 5.56 Å². The maximum absolute atomic E-state index is 6.60. The van der Waals surface area contributed by atoms with E-state index in [-0.39, 0.29) is 6.71 Å². The summed E-state index contributed by atoms with van der Waals surface area (Å²) in [7, 11) is 0. The van der Waals surface area contributed by atoms with Crippen LogP contribution in [-0.2, 0) is 0 Å². The first-order chi connectivity index (χ1) is 16.2. The van der Waals surface area contributed by atoms with Crippen LogP contribution in [0, 0.1) is 0 Å². The van der Waals surface area contributed by atoms with Crippen molar-refractivity contribution in [3.05, 3.63) is 128 Å². The van der Waals surface area contributed by atoms with Gasteiger partial charge in [0.2, 0.25) is 0 Å². The average molecular weight is 424 g/mol. The molecule has 3 heteroatoms. The third-order valence-corrected chi connectivity index (χ3v) is 6.33. The van der Waals surface area contributed by atoms with Crippen LogP contribution in [0.3, 0.4) is 0 Å². The molecular formula is C30H21BO2. The van der Waals surface area contributed by atoms with Gasteiger partial charge in [0.15, 0.2) is 0 Å². The lowest BCUT2D eigenvalue weighted by molar-refractivity contribution is 0.434. The Bertz CT molecular complexity index is 1440. The van der Waals surface area contributed by atoms with Gasteiger partial charge in [-0.3, -0.25) is 0 Å². The molecular weight excluding hydrogens is 403 g/mol. The molecule has 6 rings (SSSR count). The lowest BCUT2D eigenvalue weighted by atomic mass is 9.33. The fourth-order valence-corrected chi connectivity index (χ4v) is 4.83. The molecule has 2 aliphatic heterocycles. The summed E-state index contributed by atoms with van der Waals surface area (Å²) in [5.74, 6) is 3.12. The van der Waals surface area contributed by atoms with Gasteiger partial charge in [0.25, 0.3) is 6.71 Å². The van der Waals surface area contributed by atoms with Gasteiger partial charge in [0, 0.05) is 11.0 Å². The van der Waals surface area contributed by atoms with Gasteiger partial charge in [-0.25, -0.2) is 0 Å². The monoisotopic (exact) mass is 424 g/mol. The van der Waals surface area contributed by atoms with Crippen molar-refractivity contribution in [2.45, 2.75) is 0 Å². The maximum atomic E-state index is 6.60. The zero-order chi connectivity index (χ0) is 22.4. The van der Waals surface area contributed by atoms with E-state index in [9.17, 15) is 0 Å². The number of ether oxygens (including phenoxy) is 2. The molecule has 2 heterocycles. The minimum absolute atomic E-state index is 0.0506. The van der Waals surface area contributed by atoms with E-state index in [4.69, 9.17) is 9.47 Å². The summed E-state index contributed by atoms with van der Waals surface area (Å²) in [6, 6.07) is 31.3. The molecule has 2 nitrogen and oxygen atoms in total. The lowest BCUT2D eigenvalue weighted by Crippen LogP contribution is -2.52. The smallest absolute Gasteiger partial charge is 0.260 e. The van der Waals surface area contributed by atoms with E-state index in [0.717, 1.165) is 50.3 Å². The Labute approximate surface area is 194 Å². The number of benzene rings is 4. The number of hydrogen-bond acceptors (Lipinski definition) is 2. The van der Waals surface area contributed by atoms with Crippen molar-refractivity contribution in [2.75, 3.05) is 0 Å². The largest absolute Gasteiger partial charge is 0.459 e. The Morgan fingerprint density at radius 2 is 1.39 bits per heavy atom. The SMILES string of the molecule is C=C/C=C1/B2c3cc(-c4ccccc4)ccc3Oc3c(-c4ccccc4)ccc(c32)OC1=C. The van der Waals surface area contributed by atoms with Gasteiger partial charge in [-0.2, -0.15) is 0 Å². The molecule has 2 aliphatic rings. The van der Waals surface area contributed by atoms with Gasteiger partial charge in [0.05, 0.1) is 0 Å². The molecule has 0 radical (unpaired) electrons. The summed E-state index contributed by atoms with van der Waals surface area (Å²) in [6.07, 6.45) is 3.80. The maximum Gasteiger partial charge on any atom is 0.260 e. The highest BCUT2D eigenvalue weighted by atomic mass is 16.5. The quantitative estimate of drug-likeness (QED) is 0.360. The zero-order valence-corrected chi connectivity index (χ0v) is 18.1. The molecule has 0 bridgehead atoms. The predicted octanol–water partition coefficient (Wildman–Crippen LogP) is 6.29. The van der Waals surface area contributed by atoms with Crippen molar-refractivity contribution in [3.63, 3.8) is 0 Å². The highest BCUT2D eigenvalue weighted by Gasteiger charge is 2.42. The Hall–Kier alpha value is -4.24. The summed E-state index contributed by atoms with van der Waals surface area (Å²) in [5, 5.41) is 0. The van der Waals surface area contributed by atoms with Crippen molar-refractivity contribution in [1.29, 1.82) is 0 Å². The van der Waals surface area contributed by atoms with Crippen molar-refractivity contribution in [2.24, 2.45) is 0 Å². The average Bonchev–Trinajstić information content (AvgIpc) is 2.87. The van der Waals surface area contributed by atoms with Crippen LogP contribution in [0.4, 0.5) is 0 Å². The molecule has 0 amide bonds. The Balaban J connectivity index is 1.62. The van der Waals surface area contributed by atoms with Crippen LogP contribution in [-0.4, -0.2) is 6.71 Å². The molecule has 0 spiro atoms. The van der Waals surface area contributed by atoms with Crippen LogP contribution in [0.2, 0.25) is 0 Å². The van der Waals surface area contributed by atoms with E-state index in [0.29, 0.717) is 5.76 Å². The normalized spacial score (nSPS) is 14.7. The van der Waals surface area contributed by atoms with E-state index in [1.807, 2.05) is 36.4 Å². The van der Waals surface area contributed by atoms with Crippen LogP contribution in [0.1, 0.15) is 0 Å². The van der Waals surface area contributed by atoms with Gasteiger partial charge in [-0.05, 0) is 45.8 Å². The first-order valence-corrected chi connectivity index (χ1v) is 11.0. The molecule has 4 aromatic rings. The first kappa shape index (κ1) is 19.5. The van der Waals surface area contributed by atoms with Gasteiger partial charge in [0.1, 0.15) is 23.0 Å². The summed E-state index contributed by atoms with van der Waals surface area (Å²) in [5.41, 5.74) is 7.62. The fourth-order valence-electron chi connectivity index (χ4n) is 4.83. The molecule has 0 fully saturated rings. The van der Waals surface area contributed by atoms with E-state index >= 15 is 0 Å². The molecule has 0 aliphatic carbocycles. The van der Waals surface area contributed by atoms with Crippen molar-refractivity contribution in [1.82, 2.24) is 0 Å². The summed E-state index contributed by atoms with van der Waals surface area (Å²) >= 11 is 0. The van der Waals surface area contributed by atoms with Crippen LogP contribution in [0.15, 0.2) is 128 Å². The lowest BCUT2D eigenvalue weighted by Gasteiger charge is -2.35. The third kappa shape index (κ3) is 3.13. The van der Waals surface area contributed by atoms with E-state index < -0.39 is 0 Å². The molecule has 4 aromatic carbocycles. The zero-order valence-electron chi connectivity index (χ0n) is 18.1. The van der Waals surface area contributed by atoms with Crippen LogP contribution >= 0.6 is 0 Å². The van der Waals surface area contributed by atoms with Crippen LogP contribution < -0.4 is 20.4 Å². The molecule has 0 saturated carbocycles. The highest BCUT2D eigenvalue weighted by Crippen LogP contribution is 2.42. The van der Waals surface area contributed by atoms with Crippen molar-refractivity contribution in [3.8, 4) is 39.5 Å². The second kappa shape index (κ2) is 7.72. The van der Waals surface area contributed by atoms with Gasteiger partial charge < -0.3 is 9.47 Å². The van der Waals surface area contributed by atoms with Gasteiger partial charge in [-0.15, -0.1) is 0 Å². The van der Waals surface area contributed by atoms with Crippen molar-refractivity contribution >= 4 is 17.6 Å². The summed E-state index contributed by atoms with van der Waals surface area (Å²) < 4.78 is 12.8. The minimum atomic E-state index is -0.0506. The molecule has 156 valence electrons. The minimum Gasteiger partial charge on any atom is -0.459 e. The summed E-state index contributed by atoms with van der Waals surface area (Å²) in [4.78, 5) is 0. The molecule has 33 heavy (non-hydrogen) atoms. The molecule has 0 aromatic heterocycles.